The lowest BCUT2D eigenvalue weighted by atomic mass is 9.94. The number of aryl methyl sites for hydroxylation is 1. The average molecular weight is 422 g/mol. The van der Waals surface area contributed by atoms with Crippen LogP contribution in [0.1, 0.15) is 42.7 Å². The monoisotopic (exact) mass is 421 g/mol. The van der Waals surface area contributed by atoms with E-state index in [0.29, 0.717) is 5.56 Å². The summed E-state index contributed by atoms with van der Waals surface area (Å²) in [7, 11) is 0. The molecule has 3 aromatic rings. The Bertz CT molecular complexity index is 991. The van der Waals surface area contributed by atoms with E-state index in [1.807, 2.05) is 24.3 Å². The van der Waals surface area contributed by atoms with Crippen molar-refractivity contribution in [3.63, 3.8) is 0 Å². The Balaban J connectivity index is 2.07. The van der Waals surface area contributed by atoms with Crippen LogP contribution >= 0.6 is 15.9 Å². The minimum absolute atomic E-state index is 0.412. The summed E-state index contributed by atoms with van der Waals surface area (Å²) in [6.45, 7) is 7.09. The smallest absolute Gasteiger partial charge is 0.0991 e. The largest absolute Gasteiger partial charge is 0.345 e. The van der Waals surface area contributed by atoms with Gasteiger partial charge in [0.1, 0.15) is 0 Å². The second-order valence-electron chi connectivity index (χ2n) is 7.27. The minimum Gasteiger partial charge on any atom is -0.345 e. The summed E-state index contributed by atoms with van der Waals surface area (Å²) in [6.07, 6.45) is 3.01. The van der Waals surface area contributed by atoms with Gasteiger partial charge in [0.2, 0.25) is 0 Å². The molecule has 3 rings (SSSR count). The Morgan fingerprint density at radius 1 is 1.11 bits per heavy atom. The van der Waals surface area contributed by atoms with Gasteiger partial charge in [0.15, 0.2) is 0 Å². The van der Waals surface area contributed by atoms with Gasteiger partial charge >= 0.3 is 0 Å². The fraction of sp³-hybridized carbons (Fsp3) is 0.261. The van der Waals surface area contributed by atoms with Gasteiger partial charge in [-0.15, -0.1) is 0 Å². The zero-order chi connectivity index (χ0) is 19.6. The molecule has 0 aliphatic carbocycles. The quantitative estimate of drug-likeness (QED) is 0.571. The number of benzene rings is 2. The molecule has 0 aliphatic rings. The molecule has 1 heterocycles. The number of nitrogens with two attached hydrogens (primary N) is 1. The average Bonchev–Trinajstić information content (AvgIpc) is 3.09. The van der Waals surface area contributed by atoms with E-state index in [9.17, 15) is 0 Å². The van der Waals surface area contributed by atoms with Crippen molar-refractivity contribution < 1.29 is 0 Å². The van der Waals surface area contributed by atoms with Crippen LogP contribution in [0.15, 0.2) is 59.2 Å². The molecule has 2 N–H and O–H groups in total. The lowest BCUT2D eigenvalue weighted by Gasteiger charge is -2.25. The van der Waals surface area contributed by atoms with Crippen molar-refractivity contribution in [1.29, 1.82) is 5.26 Å². The van der Waals surface area contributed by atoms with Crippen molar-refractivity contribution in [1.82, 2.24) is 4.57 Å². The molecule has 0 fully saturated rings. The highest BCUT2D eigenvalue weighted by Gasteiger charge is 2.24. The number of rotatable bonds is 5. The molecule has 138 valence electrons. The van der Waals surface area contributed by atoms with Gasteiger partial charge in [-0.05, 0) is 72.9 Å². The van der Waals surface area contributed by atoms with Gasteiger partial charge < -0.3 is 10.3 Å². The molecule has 0 spiro atoms. The molecule has 27 heavy (non-hydrogen) atoms. The highest BCUT2D eigenvalue weighted by atomic mass is 79.9. The molecule has 0 aliphatic heterocycles. The summed E-state index contributed by atoms with van der Waals surface area (Å²) in [5.74, 6) is 0. The first-order valence-electron chi connectivity index (χ1n) is 9.09. The van der Waals surface area contributed by atoms with Crippen molar-refractivity contribution >= 4 is 15.9 Å². The first-order valence-corrected chi connectivity index (χ1v) is 9.88. The molecule has 0 radical (unpaired) electrons. The third kappa shape index (κ3) is 4.16. The highest BCUT2D eigenvalue weighted by Crippen LogP contribution is 2.30. The third-order valence-corrected chi connectivity index (χ3v) is 5.71. The fourth-order valence-corrected chi connectivity index (χ4v) is 3.61. The number of aromatic nitrogens is 1. The van der Waals surface area contributed by atoms with Crippen LogP contribution in [0, 0.1) is 18.3 Å². The second-order valence-corrected chi connectivity index (χ2v) is 8.19. The Morgan fingerprint density at radius 2 is 1.81 bits per heavy atom. The number of nitriles is 1. The van der Waals surface area contributed by atoms with Crippen LogP contribution in [0.5, 0.6) is 0 Å². The van der Waals surface area contributed by atoms with Crippen LogP contribution in [-0.2, 0) is 12.1 Å². The molecule has 0 saturated heterocycles. The summed E-state index contributed by atoms with van der Waals surface area (Å²) < 4.78 is 3.33. The molecule has 0 amide bonds. The highest BCUT2D eigenvalue weighted by molar-refractivity contribution is 9.10. The minimum atomic E-state index is -0.412. The molecule has 1 atom stereocenters. The Labute approximate surface area is 169 Å². The maximum Gasteiger partial charge on any atom is 0.0991 e. The number of nitrogens with zero attached hydrogens (tertiary/aromatic N) is 2. The lowest BCUT2D eigenvalue weighted by Crippen LogP contribution is -2.34. The van der Waals surface area contributed by atoms with Crippen LogP contribution in [0.2, 0.25) is 0 Å². The van der Waals surface area contributed by atoms with E-state index in [1.54, 1.807) is 0 Å². The van der Waals surface area contributed by atoms with Crippen molar-refractivity contribution in [2.24, 2.45) is 5.73 Å². The van der Waals surface area contributed by atoms with E-state index in [0.717, 1.165) is 34.3 Å². The standard InChI is InChI=1S/C23H24BrN3/c1-4-23(3,26)22-12-20(18-8-6-17(13-25)7-9-18)15-27(22)14-19-11-21(24)10-5-16(19)2/h5-12,15H,4,14,26H2,1-3H3. The molecule has 1 unspecified atom stereocenters. The Morgan fingerprint density at radius 3 is 2.44 bits per heavy atom. The Kier molecular flexibility index (Phi) is 5.55. The van der Waals surface area contributed by atoms with Crippen molar-refractivity contribution in [3.05, 3.63) is 81.6 Å². The molecule has 1 aromatic heterocycles. The molecular formula is C23H24BrN3. The SMILES string of the molecule is CCC(C)(N)c1cc(-c2ccc(C#N)cc2)cn1Cc1cc(Br)ccc1C. The van der Waals surface area contributed by atoms with Gasteiger partial charge in [0.25, 0.3) is 0 Å². The van der Waals surface area contributed by atoms with Crippen LogP contribution in [-0.4, -0.2) is 4.57 Å². The second kappa shape index (κ2) is 7.72. The lowest BCUT2D eigenvalue weighted by molar-refractivity contribution is 0.440. The van der Waals surface area contributed by atoms with Crippen LogP contribution in [0.4, 0.5) is 0 Å². The van der Waals surface area contributed by atoms with E-state index in [2.05, 4.69) is 77.8 Å². The van der Waals surface area contributed by atoms with Crippen LogP contribution in [0.3, 0.4) is 0 Å². The molecule has 2 aromatic carbocycles. The topological polar surface area (TPSA) is 54.7 Å². The molecule has 3 nitrogen and oxygen atoms in total. The Hall–Kier alpha value is -2.35. The summed E-state index contributed by atoms with van der Waals surface area (Å²) >= 11 is 3.58. The summed E-state index contributed by atoms with van der Waals surface area (Å²) in [6, 6.07) is 18.4. The molecule has 0 saturated carbocycles. The fourth-order valence-electron chi connectivity index (χ4n) is 3.20. The molecular weight excluding hydrogens is 398 g/mol. The number of hydrogen-bond acceptors (Lipinski definition) is 2. The maximum absolute atomic E-state index is 9.02. The van der Waals surface area contributed by atoms with Gasteiger partial charge in [0.05, 0.1) is 17.2 Å². The van der Waals surface area contributed by atoms with E-state index in [1.165, 1.54) is 11.1 Å². The van der Waals surface area contributed by atoms with Gasteiger partial charge in [-0.3, -0.25) is 0 Å². The van der Waals surface area contributed by atoms with Crippen LogP contribution in [0.25, 0.3) is 11.1 Å². The van der Waals surface area contributed by atoms with E-state index < -0.39 is 5.54 Å². The van der Waals surface area contributed by atoms with E-state index in [4.69, 9.17) is 11.0 Å². The number of halogens is 1. The summed E-state index contributed by atoms with van der Waals surface area (Å²) in [4.78, 5) is 0. The van der Waals surface area contributed by atoms with Gasteiger partial charge in [-0.25, -0.2) is 0 Å². The van der Waals surface area contributed by atoms with Gasteiger partial charge in [-0.1, -0.05) is 41.1 Å². The summed E-state index contributed by atoms with van der Waals surface area (Å²) in [5, 5.41) is 9.02. The van der Waals surface area contributed by atoms with Crippen LogP contribution < -0.4 is 5.73 Å². The van der Waals surface area contributed by atoms with E-state index in [-0.39, 0.29) is 0 Å². The first kappa shape index (κ1) is 19.4. The van der Waals surface area contributed by atoms with Gasteiger partial charge in [0, 0.05) is 22.9 Å². The predicted molar refractivity (Wildman–Crippen MR) is 114 cm³/mol. The maximum atomic E-state index is 9.02. The number of hydrogen-bond donors (Lipinski definition) is 1. The molecule has 0 bridgehead atoms. The zero-order valence-corrected chi connectivity index (χ0v) is 17.5. The predicted octanol–water partition coefficient (Wildman–Crippen LogP) is 5.73. The zero-order valence-electron chi connectivity index (χ0n) is 16.0. The van der Waals surface area contributed by atoms with Crippen molar-refractivity contribution in [3.8, 4) is 17.2 Å². The van der Waals surface area contributed by atoms with Crippen molar-refractivity contribution in [2.75, 3.05) is 0 Å². The third-order valence-electron chi connectivity index (χ3n) is 5.22. The normalized spacial score (nSPS) is 13.2. The summed E-state index contributed by atoms with van der Waals surface area (Å²) in [5.41, 5.74) is 12.7. The van der Waals surface area contributed by atoms with E-state index >= 15 is 0 Å². The molecule has 4 heteroatoms. The van der Waals surface area contributed by atoms with Crippen molar-refractivity contribution in [2.45, 2.75) is 39.3 Å². The first-order chi connectivity index (χ1) is 12.8. The van der Waals surface area contributed by atoms with Gasteiger partial charge in [-0.2, -0.15) is 5.26 Å².